The van der Waals surface area contributed by atoms with Crippen molar-refractivity contribution in [2.24, 2.45) is 0 Å². The van der Waals surface area contributed by atoms with E-state index in [0.29, 0.717) is 11.4 Å². The molecule has 2 N–H and O–H groups in total. The van der Waals surface area contributed by atoms with E-state index in [1.54, 1.807) is 12.1 Å². The Kier molecular flexibility index (Phi) is 5.90. The average molecular weight is 352 g/mol. The fraction of sp³-hybridized carbons (Fsp3) is 0.278. The van der Waals surface area contributed by atoms with Crippen LogP contribution in [0.15, 0.2) is 42.5 Å². The topological polar surface area (TPSA) is 50.4 Å². The summed E-state index contributed by atoms with van der Waals surface area (Å²) in [5.41, 5.74) is 0.684. The van der Waals surface area contributed by atoms with Gasteiger partial charge in [-0.15, -0.1) is 0 Å². The van der Waals surface area contributed by atoms with Gasteiger partial charge >= 0.3 is 6.18 Å². The van der Waals surface area contributed by atoms with E-state index in [1.165, 1.54) is 25.3 Å². The summed E-state index contributed by atoms with van der Waals surface area (Å²) >= 11 is 0. The average Bonchev–Trinajstić information content (AvgIpc) is 2.54. The van der Waals surface area contributed by atoms with Gasteiger partial charge in [-0.05, 0) is 36.8 Å². The summed E-state index contributed by atoms with van der Waals surface area (Å²) in [6, 6.07) is 10.5. The van der Waals surface area contributed by atoms with Gasteiger partial charge in [0.2, 0.25) is 5.91 Å². The predicted molar refractivity (Wildman–Crippen MR) is 90.9 cm³/mol. The van der Waals surface area contributed by atoms with Crippen LogP contribution in [0.1, 0.15) is 17.5 Å². The van der Waals surface area contributed by atoms with Gasteiger partial charge in [-0.1, -0.05) is 18.2 Å². The SMILES string of the molecule is COc1ccc(C)cc1NC(=O)CCNc1ccccc1C(F)(F)F. The minimum Gasteiger partial charge on any atom is -0.495 e. The number of halogens is 3. The zero-order valence-corrected chi connectivity index (χ0v) is 13.9. The largest absolute Gasteiger partial charge is 0.495 e. The number of para-hydroxylation sites is 1. The van der Waals surface area contributed by atoms with E-state index >= 15 is 0 Å². The Balaban J connectivity index is 1.95. The molecule has 4 nitrogen and oxygen atoms in total. The van der Waals surface area contributed by atoms with Crippen molar-refractivity contribution in [3.63, 3.8) is 0 Å². The number of rotatable bonds is 6. The second kappa shape index (κ2) is 7.92. The maximum atomic E-state index is 12.9. The summed E-state index contributed by atoms with van der Waals surface area (Å²) in [4.78, 5) is 12.0. The molecule has 2 aromatic carbocycles. The molecule has 2 aromatic rings. The third-order valence-electron chi connectivity index (χ3n) is 3.53. The maximum absolute atomic E-state index is 12.9. The van der Waals surface area contributed by atoms with Gasteiger partial charge in [-0.2, -0.15) is 13.2 Å². The van der Waals surface area contributed by atoms with Gasteiger partial charge in [0.05, 0.1) is 18.4 Å². The Hall–Kier alpha value is -2.70. The predicted octanol–water partition coefficient (Wildman–Crippen LogP) is 4.46. The molecule has 25 heavy (non-hydrogen) atoms. The van der Waals surface area contributed by atoms with Crippen molar-refractivity contribution in [2.75, 3.05) is 24.3 Å². The van der Waals surface area contributed by atoms with Gasteiger partial charge in [0.15, 0.2) is 0 Å². The van der Waals surface area contributed by atoms with Crippen LogP contribution in [-0.2, 0) is 11.0 Å². The molecule has 0 radical (unpaired) electrons. The van der Waals surface area contributed by atoms with Crippen LogP contribution in [-0.4, -0.2) is 19.6 Å². The zero-order chi connectivity index (χ0) is 18.4. The molecular formula is C18H19F3N2O2. The van der Waals surface area contributed by atoms with Crippen LogP contribution in [0, 0.1) is 6.92 Å². The van der Waals surface area contributed by atoms with E-state index in [4.69, 9.17) is 4.74 Å². The zero-order valence-electron chi connectivity index (χ0n) is 13.9. The number of amides is 1. The molecule has 134 valence electrons. The first-order valence-corrected chi connectivity index (χ1v) is 7.66. The number of carbonyl (C=O) groups excluding carboxylic acids is 1. The Morgan fingerprint density at radius 3 is 2.52 bits per heavy atom. The van der Waals surface area contributed by atoms with Gasteiger partial charge in [0, 0.05) is 18.7 Å². The van der Waals surface area contributed by atoms with E-state index < -0.39 is 11.7 Å². The van der Waals surface area contributed by atoms with Crippen LogP contribution in [0.3, 0.4) is 0 Å². The number of hydrogen-bond acceptors (Lipinski definition) is 3. The third-order valence-corrected chi connectivity index (χ3v) is 3.53. The quantitative estimate of drug-likeness (QED) is 0.807. The van der Waals surface area contributed by atoms with Crippen LogP contribution in [0.2, 0.25) is 0 Å². The molecule has 0 aliphatic heterocycles. The number of benzene rings is 2. The molecule has 0 aromatic heterocycles. The van der Waals surface area contributed by atoms with Gasteiger partial charge in [-0.25, -0.2) is 0 Å². The molecule has 7 heteroatoms. The van der Waals surface area contributed by atoms with Crippen molar-refractivity contribution in [1.29, 1.82) is 0 Å². The molecule has 1 amide bonds. The van der Waals surface area contributed by atoms with Crippen molar-refractivity contribution in [3.8, 4) is 5.75 Å². The fourth-order valence-corrected chi connectivity index (χ4v) is 2.33. The van der Waals surface area contributed by atoms with Crippen LogP contribution in [0.25, 0.3) is 0 Å². The first-order valence-electron chi connectivity index (χ1n) is 7.66. The normalized spacial score (nSPS) is 11.1. The Morgan fingerprint density at radius 1 is 1.12 bits per heavy atom. The molecule has 0 spiro atoms. The number of anilines is 2. The lowest BCUT2D eigenvalue weighted by atomic mass is 10.1. The standard InChI is InChI=1S/C18H19F3N2O2/c1-12-7-8-16(25-2)15(11-12)23-17(24)9-10-22-14-6-4-3-5-13(14)18(19,20)21/h3-8,11,22H,9-10H2,1-2H3,(H,23,24). The van der Waals surface area contributed by atoms with E-state index in [0.717, 1.165) is 11.6 Å². The second-order valence-electron chi connectivity index (χ2n) is 5.47. The molecular weight excluding hydrogens is 333 g/mol. The van der Waals surface area contributed by atoms with E-state index in [-0.39, 0.29) is 24.6 Å². The number of ether oxygens (including phenoxy) is 1. The first kappa shape index (κ1) is 18.6. The summed E-state index contributed by atoms with van der Waals surface area (Å²) in [6.07, 6.45) is -4.43. The highest BCUT2D eigenvalue weighted by Crippen LogP contribution is 2.34. The number of aryl methyl sites for hydroxylation is 1. The lowest BCUT2D eigenvalue weighted by Gasteiger charge is -2.14. The Morgan fingerprint density at radius 2 is 1.84 bits per heavy atom. The Bertz CT molecular complexity index is 745. The molecule has 0 heterocycles. The summed E-state index contributed by atoms with van der Waals surface area (Å²) in [6.45, 7) is 1.96. The van der Waals surface area contributed by atoms with Crippen molar-refractivity contribution < 1.29 is 22.7 Å². The van der Waals surface area contributed by atoms with Gasteiger partial charge < -0.3 is 15.4 Å². The van der Waals surface area contributed by atoms with Gasteiger partial charge in [0.1, 0.15) is 5.75 Å². The first-order chi connectivity index (χ1) is 11.8. The second-order valence-corrected chi connectivity index (χ2v) is 5.47. The van der Waals surface area contributed by atoms with E-state index in [9.17, 15) is 18.0 Å². The summed E-state index contributed by atoms with van der Waals surface area (Å²) < 4.78 is 43.9. The van der Waals surface area contributed by atoms with Crippen LogP contribution in [0.4, 0.5) is 24.5 Å². The molecule has 0 atom stereocenters. The molecule has 0 fully saturated rings. The molecule has 0 saturated heterocycles. The van der Waals surface area contributed by atoms with Crippen molar-refractivity contribution >= 4 is 17.3 Å². The lowest BCUT2D eigenvalue weighted by Crippen LogP contribution is -2.18. The smallest absolute Gasteiger partial charge is 0.418 e. The van der Waals surface area contributed by atoms with E-state index in [1.807, 2.05) is 13.0 Å². The highest BCUT2D eigenvalue weighted by molar-refractivity contribution is 5.92. The Labute approximate surface area is 144 Å². The molecule has 0 bridgehead atoms. The minimum absolute atomic E-state index is 0.0172. The number of hydrogen-bond donors (Lipinski definition) is 2. The summed E-state index contributed by atoms with van der Waals surface area (Å²) in [5.74, 6) is 0.204. The number of alkyl halides is 3. The monoisotopic (exact) mass is 352 g/mol. The fourth-order valence-electron chi connectivity index (χ4n) is 2.33. The van der Waals surface area contributed by atoms with Gasteiger partial charge in [-0.3, -0.25) is 4.79 Å². The molecule has 0 aliphatic rings. The number of nitrogens with one attached hydrogen (secondary N) is 2. The maximum Gasteiger partial charge on any atom is 0.418 e. The highest BCUT2D eigenvalue weighted by atomic mass is 19.4. The minimum atomic E-state index is -4.44. The lowest BCUT2D eigenvalue weighted by molar-refractivity contribution is -0.137. The van der Waals surface area contributed by atoms with Crippen molar-refractivity contribution in [1.82, 2.24) is 0 Å². The summed E-state index contributed by atoms with van der Waals surface area (Å²) in [5, 5.41) is 5.37. The van der Waals surface area contributed by atoms with Crippen molar-refractivity contribution in [3.05, 3.63) is 53.6 Å². The number of methoxy groups -OCH3 is 1. The molecule has 2 rings (SSSR count). The molecule has 0 saturated carbocycles. The number of carbonyl (C=O) groups is 1. The van der Waals surface area contributed by atoms with E-state index in [2.05, 4.69) is 10.6 Å². The van der Waals surface area contributed by atoms with Gasteiger partial charge in [0.25, 0.3) is 0 Å². The molecule has 0 aliphatic carbocycles. The van der Waals surface area contributed by atoms with Crippen LogP contribution >= 0.6 is 0 Å². The summed E-state index contributed by atoms with van der Waals surface area (Å²) in [7, 11) is 1.50. The highest BCUT2D eigenvalue weighted by Gasteiger charge is 2.33. The van der Waals surface area contributed by atoms with Crippen molar-refractivity contribution in [2.45, 2.75) is 19.5 Å². The third kappa shape index (κ3) is 5.14. The van der Waals surface area contributed by atoms with Crippen LogP contribution < -0.4 is 15.4 Å². The molecule has 0 unspecified atom stereocenters. The van der Waals surface area contributed by atoms with Crippen LogP contribution in [0.5, 0.6) is 5.75 Å².